The van der Waals surface area contributed by atoms with Gasteiger partial charge in [-0.1, -0.05) is 32.4 Å². The highest BCUT2D eigenvalue weighted by atomic mass is 16.5. The number of fused-ring (bicyclic) bond motifs is 1. The molecule has 0 aliphatic carbocycles. The highest BCUT2D eigenvalue weighted by Gasteiger charge is 2.78. The summed E-state index contributed by atoms with van der Waals surface area (Å²) >= 11 is 0. The zero-order chi connectivity index (χ0) is 25.3. The molecule has 6 atom stereocenters. The van der Waals surface area contributed by atoms with E-state index in [1.165, 1.54) is 0 Å². The Morgan fingerprint density at radius 3 is 2.47 bits per heavy atom. The topological polar surface area (TPSA) is 90.4 Å². The molecular weight excluding hydrogens is 434 g/mol. The van der Waals surface area contributed by atoms with Crippen LogP contribution in [-0.2, 0) is 19.1 Å². The number of unbranched alkanes of at least 4 members (excludes halogenated alkanes) is 1. The molecule has 3 fully saturated rings. The van der Waals surface area contributed by atoms with Gasteiger partial charge >= 0.3 is 0 Å². The van der Waals surface area contributed by atoms with Crippen molar-refractivity contribution in [1.82, 2.24) is 14.7 Å². The average molecular weight is 476 g/mol. The van der Waals surface area contributed by atoms with E-state index in [1.807, 2.05) is 13.8 Å². The molecule has 34 heavy (non-hydrogen) atoms. The lowest BCUT2D eigenvalue weighted by Crippen LogP contribution is -2.58. The van der Waals surface area contributed by atoms with Gasteiger partial charge in [0.05, 0.1) is 30.1 Å². The van der Waals surface area contributed by atoms with Crippen molar-refractivity contribution in [2.24, 2.45) is 11.8 Å². The van der Waals surface area contributed by atoms with E-state index in [9.17, 15) is 19.5 Å². The van der Waals surface area contributed by atoms with Crippen molar-refractivity contribution in [2.75, 3.05) is 33.3 Å². The minimum Gasteiger partial charge on any atom is -0.394 e. The van der Waals surface area contributed by atoms with Crippen LogP contribution in [0.4, 0.5) is 0 Å². The third-order valence-electron chi connectivity index (χ3n) is 8.01. The van der Waals surface area contributed by atoms with Crippen LogP contribution in [0.3, 0.4) is 0 Å². The van der Waals surface area contributed by atoms with E-state index in [1.54, 1.807) is 33.9 Å². The number of amides is 3. The third-order valence-corrected chi connectivity index (χ3v) is 8.01. The number of hydrogen-bond acceptors (Lipinski definition) is 5. The zero-order valence-electron chi connectivity index (χ0n) is 21.2. The van der Waals surface area contributed by atoms with Crippen LogP contribution in [0, 0.1) is 11.8 Å². The van der Waals surface area contributed by atoms with Crippen molar-refractivity contribution < 1.29 is 24.2 Å². The highest BCUT2D eigenvalue weighted by molar-refractivity contribution is 5.99. The van der Waals surface area contributed by atoms with Gasteiger partial charge in [-0.25, -0.2) is 0 Å². The van der Waals surface area contributed by atoms with E-state index in [0.717, 1.165) is 12.8 Å². The lowest BCUT2D eigenvalue weighted by molar-refractivity contribution is -0.156. The summed E-state index contributed by atoms with van der Waals surface area (Å²) in [7, 11) is 1.70. The van der Waals surface area contributed by atoms with Crippen LogP contribution < -0.4 is 0 Å². The molecule has 0 saturated carbocycles. The lowest BCUT2D eigenvalue weighted by atomic mass is 9.66. The first-order valence-corrected chi connectivity index (χ1v) is 12.6. The second kappa shape index (κ2) is 10.2. The van der Waals surface area contributed by atoms with Gasteiger partial charge in [0.15, 0.2) is 0 Å². The van der Waals surface area contributed by atoms with Gasteiger partial charge in [0.1, 0.15) is 11.6 Å². The summed E-state index contributed by atoms with van der Waals surface area (Å²) < 4.78 is 6.65. The van der Waals surface area contributed by atoms with Gasteiger partial charge in [-0.05, 0) is 32.6 Å². The molecule has 0 aromatic rings. The molecule has 2 bridgehead atoms. The third kappa shape index (κ3) is 3.98. The number of aliphatic hydroxyl groups is 1. The SMILES string of the molecule is C=CCN(C)C(=O)[C@H]1[C@H]2C(=O)N([C@@H](CC)CO)C(C(=O)N(CC=C)CCCC)C23CC[C@]1(C)O3. The summed E-state index contributed by atoms with van der Waals surface area (Å²) in [6, 6.07) is -1.39. The van der Waals surface area contributed by atoms with Crippen LogP contribution in [0.15, 0.2) is 25.3 Å². The molecule has 1 N–H and O–H groups in total. The number of likely N-dealkylation sites (tertiary alicyclic amines) is 1. The van der Waals surface area contributed by atoms with Crippen molar-refractivity contribution in [1.29, 1.82) is 0 Å². The van der Waals surface area contributed by atoms with Crippen LogP contribution >= 0.6 is 0 Å². The minimum absolute atomic E-state index is 0.165. The molecule has 8 nitrogen and oxygen atoms in total. The Hall–Kier alpha value is -2.19. The van der Waals surface area contributed by atoms with Gasteiger partial charge in [-0.2, -0.15) is 0 Å². The molecule has 3 heterocycles. The Kier molecular flexibility index (Phi) is 7.92. The molecule has 3 amide bonds. The van der Waals surface area contributed by atoms with E-state index in [4.69, 9.17) is 4.74 Å². The Bertz CT molecular complexity index is 827. The number of rotatable bonds is 12. The summed E-state index contributed by atoms with van der Waals surface area (Å²) in [5, 5.41) is 10.1. The Morgan fingerprint density at radius 1 is 1.24 bits per heavy atom. The maximum Gasteiger partial charge on any atom is 0.248 e. The van der Waals surface area contributed by atoms with Gasteiger partial charge in [0.25, 0.3) is 0 Å². The van der Waals surface area contributed by atoms with Crippen molar-refractivity contribution >= 4 is 17.7 Å². The van der Waals surface area contributed by atoms with Crippen LogP contribution in [-0.4, -0.2) is 94.1 Å². The summed E-state index contributed by atoms with van der Waals surface area (Å²) in [5.41, 5.74) is -1.89. The minimum atomic E-state index is -1.08. The monoisotopic (exact) mass is 475 g/mol. The van der Waals surface area contributed by atoms with E-state index in [0.29, 0.717) is 38.9 Å². The molecule has 1 spiro atoms. The van der Waals surface area contributed by atoms with Gasteiger partial charge < -0.3 is 24.5 Å². The first kappa shape index (κ1) is 26.4. The maximum absolute atomic E-state index is 14.1. The van der Waals surface area contributed by atoms with Gasteiger partial charge in [0, 0.05) is 26.7 Å². The maximum atomic E-state index is 14.1. The number of likely N-dealkylation sites (N-methyl/N-ethyl adjacent to an activating group) is 1. The predicted octanol–water partition coefficient (Wildman–Crippen LogP) is 1.98. The highest BCUT2D eigenvalue weighted by Crippen LogP contribution is 2.63. The second-order valence-electron chi connectivity index (χ2n) is 10.2. The van der Waals surface area contributed by atoms with Gasteiger partial charge in [-0.3, -0.25) is 14.4 Å². The smallest absolute Gasteiger partial charge is 0.248 e. The van der Waals surface area contributed by atoms with Crippen molar-refractivity contribution in [2.45, 2.75) is 76.2 Å². The van der Waals surface area contributed by atoms with Crippen molar-refractivity contribution in [3.8, 4) is 0 Å². The molecule has 3 rings (SSSR count). The molecule has 8 heteroatoms. The zero-order valence-corrected chi connectivity index (χ0v) is 21.2. The number of carbonyl (C=O) groups excluding carboxylic acids is 3. The number of nitrogens with zero attached hydrogens (tertiary/aromatic N) is 3. The molecule has 0 aromatic carbocycles. The molecule has 190 valence electrons. The number of hydrogen-bond donors (Lipinski definition) is 1. The Balaban J connectivity index is 2.10. The molecule has 0 aromatic heterocycles. The fraction of sp³-hybridized carbons (Fsp3) is 0.731. The van der Waals surface area contributed by atoms with E-state index >= 15 is 0 Å². The van der Waals surface area contributed by atoms with Crippen molar-refractivity contribution in [3.63, 3.8) is 0 Å². The Labute approximate surface area is 203 Å². The molecule has 0 radical (unpaired) electrons. The second-order valence-corrected chi connectivity index (χ2v) is 10.2. The first-order valence-electron chi connectivity index (χ1n) is 12.6. The lowest BCUT2D eigenvalue weighted by Gasteiger charge is -2.39. The number of ether oxygens (including phenoxy) is 1. The molecule has 3 aliphatic rings. The Morgan fingerprint density at radius 2 is 1.91 bits per heavy atom. The molecule has 3 aliphatic heterocycles. The fourth-order valence-corrected chi connectivity index (χ4v) is 6.32. The van der Waals surface area contributed by atoms with Crippen LogP contribution in [0.2, 0.25) is 0 Å². The van der Waals surface area contributed by atoms with Gasteiger partial charge in [-0.15, -0.1) is 13.2 Å². The standard InChI is InChI=1S/C26H41N3O5/c1-7-11-16-28(15-9-3)24(33)21-26-13-12-25(5,34-26)19(22(31)27(6)14-8-2)20(26)23(32)29(21)18(10-4)17-30/h8-9,18-21,30H,2-3,7,10-17H2,1,4-6H3/t18-,19+,20-,21?,25-,26?/m0/s1. The first-order chi connectivity index (χ1) is 16.2. The van der Waals surface area contributed by atoms with E-state index < -0.39 is 35.1 Å². The van der Waals surface area contributed by atoms with Gasteiger partial charge in [0.2, 0.25) is 17.7 Å². The fourth-order valence-electron chi connectivity index (χ4n) is 6.32. The summed E-state index contributed by atoms with van der Waals surface area (Å²) in [6.45, 7) is 14.4. The van der Waals surface area contributed by atoms with Crippen LogP contribution in [0.25, 0.3) is 0 Å². The normalized spacial score (nSPS) is 32.4. The molecular formula is C26H41N3O5. The molecule has 3 saturated heterocycles. The summed E-state index contributed by atoms with van der Waals surface area (Å²) in [6.07, 6.45) is 6.73. The number of carbonyl (C=O) groups is 3. The summed E-state index contributed by atoms with van der Waals surface area (Å²) in [4.78, 5) is 46.5. The van der Waals surface area contributed by atoms with Crippen LogP contribution in [0.1, 0.15) is 52.9 Å². The van der Waals surface area contributed by atoms with Crippen LogP contribution in [0.5, 0.6) is 0 Å². The predicted molar refractivity (Wildman–Crippen MR) is 130 cm³/mol. The largest absolute Gasteiger partial charge is 0.394 e. The van der Waals surface area contributed by atoms with E-state index in [-0.39, 0.29) is 24.3 Å². The van der Waals surface area contributed by atoms with Crippen molar-refractivity contribution in [3.05, 3.63) is 25.3 Å². The molecule has 2 unspecified atom stereocenters. The quantitative estimate of drug-likeness (QED) is 0.436. The number of aliphatic hydroxyl groups excluding tert-OH is 1. The average Bonchev–Trinajstić information content (AvgIpc) is 3.38. The summed E-state index contributed by atoms with van der Waals surface area (Å²) in [5.74, 6) is -2.05. The van der Waals surface area contributed by atoms with E-state index in [2.05, 4.69) is 20.1 Å².